The SMILES string of the molecule is C=CCN1CCC2CCC(C1)N2C(C1=CCC(C(=O)NC2CCCCCC2)C=C1)C1=CC(OC)=CCC1. The number of carbonyl (C=O) groups excluding carboxylic acids is 1. The smallest absolute Gasteiger partial charge is 0.227 e. The number of likely N-dealkylation sites (tertiary alicyclic amines) is 1. The third-order valence-electron chi connectivity index (χ3n) is 9.28. The molecule has 1 N–H and O–H groups in total. The van der Waals surface area contributed by atoms with Gasteiger partial charge in [0.2, 0.25) is 5.91 Å². The van der Waals surface area contributed by atoms with Crippen LogP contribution in [0.4, 0.5) is 0 Å². The number of fused-ring (bicyclic) bond motifs is 2. The number of hydrogen-bond donors (Lipinski definition) is 1. The summed E-state index contributed by atoms with van der Waals surface area (Å²) in [6.07, 6.45) is 27.4. The number of rotatable bonds is 8. The molecular weight excluding hydrogens is 458 g/mol. The maximum Gasteiger partial charge on any atom is 0.227 e. The lowest BCUT2D eigenvalue weighted by molar-refractivity contribution is -0.124. The van der Waals surface area contributed by atoms with Crippen molar-refractivity contribution in [1.29, 1.82) is 0 Å². The normalized spacial score (nSPS) is 30.4. The van der Waals surface area contributed by atoms with Crippen molar-refractivity contribution in [3.63, 3.8) is 0 Å². The van der Waals surface area contributed by atoms with E-state index in [-0.39, 0.29) is 17.9 Å². The highest BCUT2D eigenvalue weighted by Gasteiger charge is 2.43. The number of carbonyl (C=O) groups is 1. The van der Waals surface area contributed by atoms with Crippen LogP contribution < -0.4 is 5.32 Å². The van der Waals surface area contributed by atoms with Crippen LogP contribution >= 0.6 is 0 Å². The average molecular weight is 506 g/mol. The summed E-state index contributed by atoms with van der Waals surface area (Å²) in [5.74, 6) is 1.15. The minimum Gasteiger partial charge on any atom is -0.497 e. The first-order chi connectivity index (χ1) is 18.2. The number of nitrogens with zero attached hydrogens (tertiary/aromatic N) is 2. The third-order valence-corrected chi connectivity index (χ3v) is 9.28. The van der Waals surface area contributed by atoms with Gasteiger partial charge in [-0.1, -0.05) is 50.0 Å². The van der Waals surface area contributed by atoms with Gasteiger partial charge in [-0.15, -0.1) is 6.58 Å². The van der Waals surface area contributed by atoms with E-state index in [1.165, 1.54) is 56.1 Å². The molecule has 0 spiro atoms. The van der Waals surface area contributed by atoms with Gasteiger partial charge in [0.25, 0.3) is 0 Å². The zero-order chi connectivity index (χ0) is 25.6. The molecule has 4 unspecified atom stereocenters. The Balaban J connectivity index is 1.35. The van der Waals surface area contributed by atoms with Gasteiger partial charge in [0.05, 0.1) is 19.1 Å². The number of allylic oxidation sites excluding steroid dienone is 3. The molecule has 5 heteroatoms. The Labute approximate surface area is 224 Å². The molecule has 2 aliphatic heterocycles. The van der Waals surface area contributed by atoms with Crippen molar-refractivity contribution in [2.45, 2.75) is 101 Å². The topological polar surface area (TPSA) is 44.8 Å². The first kappa shape index (κ1) is 26.5. The molecule has 2 saturated heterocycles. The summed E-state index contributed by atoms with van der Waals surface area (Å²) in [5.41, 5.74) is 2.84. The van der Waals surface area contributed by atoms with Crippen molar-refractivity contribution in [3.8, 4) is 0 Å². The molecule has 1 amide bonds. The zero-order valence-corrected chi connectivity index (χ0v) is 22.9. The Kier molecular flexibility index (Phi) is 9.04. The highest BCUT2D eigenvalue weighted by atomic mass is 16.5. The van der Waals surface area contributed by atoms with Crippen LogP contribution in [-0.4, -0.2) is 66.6 Å². The molecule has 0 radical (unpaired) electrons. The molecule has 3 aliphatic carbocycles. The van der Waals surface area contributed by atoms with Crippen LogP contribution in [0.1, 0.15) is 77.0 Å². The van der Waals surface area contributed by atoms with Crippen LogP contribution in [0.25, 0.3) is 0 Å². The second-order valence-electron chi connectivity index (χ2n) is 11.7. The van der Waals surface area contributed by atoms with Gasteiger partial charge in [0.15, 0.2) is 0 Å². The monoisotopic (exact) mass is 505 g/mol. The minimum atomic E-state index is -0.0497. The largest absolute Gasteiger partial charge is 0.497 e. The van der Waals surface area contributed by atoms with Gasteiger partial charge in [-0.25, -0.2) is 0 Å². The van der Waals surface area contributed by atoms with Crippen LogP contribution in [0.2, 0.25) is 0 Å². The van der Waals surface area contributed by atoms with Crippen molar-refractivity contribution < 1.29 is 9.53 Å². The van der Waals surface area contributed by atoms with Crippen LogP contribution in [0.3, 0.4) is 0 Å². The van der Waals surface area contributed by atoms with E-state index >= 15 is 0 Å². The van der Waals surface area contributed by atoms with Gasteiger partial charge in [-0.05, 0) is 74.7 Å². The summed E-state index contributed by atoms with van der Waals surface area (Å²) in [5, 5.41) is 3.38. The van der Waals surface area contributed by atoms with Crippen LogP contribution in [0.5, 0.6) is 0 Å². The number of methoxy groups -OCH3 is 1. The zero-order valence-electron chi connectivity index (χ0n) is 22.9. The van der Waals surface area contributed by atoms with Crippen molar-refractivity contribution >= 4 is 5.91 Å². The Morgan fingerprint density at radius 3 is 2.68 bits per heavy atom. The quantitative estimate of drug-likeness (QED) is 0.341. The maximum atomic E-state index is 13.1. The highest BCUT2D eigenvalue weighted by Crippen LogP contribution is 2.40. The van der Waals surface area contributed by atoms with Crippen LogP contribution in [-0.2, 0) is 9.53 Å². The van der Waals surface area contributed by atoms with Crippen molar-refractivity contribution in [1.82, 2.24) is 15.1 Å². The molecule has 2 heterocycles. The molecular formula is C32H47N3O2. The summed E-state index contributed by atoms with van der Waals surface area (Å²) in [4.78, 5) is 18.6. The molecule has 5 rings (SSSR count). The van der Waals surface area contributed by atoms with E-state index < -0.39 is 0 Å². The third kappa shape index (κ3) is 6.31. The maximum absolute atomic E-state index is 13.1. The van der Waals surface area contributed by atoms with Crippen molar-refractivity contribution in [2.75, 3.05) is 26.7 Å². The van der Waals surface area contributed by atoms with Crippen LogP contribution in [0.15, 0.2) is 59.9 Å². The molecule has 5 nitrogen and oxygen atoms in total. The Hall–Kier alpha value is -2.11. The molecule has 1 saturated carbocycles. The summed E-state index contributed by atoms with van der Waals surface area (Å²) in [6.45, 7) is 7.23. The lowest BCUT2D eigenvalue weighted by atomic mass is 9.85. The van der Waals surface area contributed by atoms with Gasteiger partial charge in [-0.3, -0.25) is 14.6 Å². The fourth-order valence-electron chi connectivity index (χ4n) is 7.35. The van der Waals surface area contributed by atoms with Gasteiger partial charge in [-0.2, -0.15) is 0 Å². The van der Waals surface area contributed by atoms with E-state index in [1.54, 1.807) is 7.11 Å². The Morgan fingerprint density at radius 2 is 1.95 bits per heavy atom. The van der Waals surface area contributed by atoms with Crippen molar-refractivity contribution in [2.24, 2.45) is 5.92 Å². The average Bonchev–Trinajstić information content (AvgIpc) is 3.05. The molecule has 2 bridgehead atoms. The molecule has 0 aromatic rings. The fraction of sp³-hybridized carbons (Fsp3) is 0.656. The van der Waals surface area contributed by atoms with E-state index in [4.69, 9.17) is 4.74 Å². The summed E-state index contributed by atoms with van der Waals surface area (Å²) in [6, 6.07) is 1.79. The van der Waals surface area contributed by atoms with Crippen molar-refractivity contribution in [3.05, 3.63) is 59.9 Å². The number of nitrogens with one attached hydrogen (secondary N) is 1. The predicted octanol–water partition coefficient (Wildman–Crippen LogP) is 5.67. The molecule has 0 aromatic heterocycles. The molecule has 0 aromatic carbocycles. The summed E-state index contributed by atoms with van der Waals surface area (Å²) >= 11 is 0. The fourth-order valence-corrected chi connectivity index (χ4v) is 7.35. The van der Waals surface area contributed by atoms with Crippen LogP contribution in [0, 0.1) is 5.92 Å². The van der Waals surface area contributed by atoms with E-state index in [9.17, 15) is 4.79 Å². The predicted molar refractivity (Wildman–Crippen MR) is 151 cm³/mol. The number of hydrogen-bond acceptors (Lipinski definition) is 4. The molecule has 37 heavy (non-hydrogen) atoms. The van der Waals surface area contributed by atoms with E-state index in [2.05, 4.69) is 52.1 Å². The van der Waals surface area contributed by atoms with Gasteiger partial charge in [0.1, 0.15) is 5.76 Å². The second kappa shape index (κ2) is 12.6. The first-order valence-corrected chi connectivity index (χ1v) is 14.9. The standard InChI is InChI=1S/C32H47N3O2/c1-3-20-34-21-19-28-17-18-29(23-34)35(28)31(26-9-8-12-30(22-26)37-2)24-13-15-25(16-14-24)32(36)33-27-10-6-4-5-7-11-27/h3,12-15,22,25,27-29,31H,1,4-11,16-21,23H2,2H3,(H,33,36). The lowest BCUT2D eigenvalue weighted by Gasteiger charge is -2.40. The van der Waals surface area contributed by atoms with Gasteiger partial charge in [0, 0.05) is 37.8 Å². The molecule has 202 valence electrons. The first-order valence-electron chi connectivity index (χ1n) is 14.9. The Morgan fingerprint density at radius 1 is 1.14 bits per heavy atom. The molecule has 5 aliphatic rings. The minimum absolute atomic E-state index is 0.0497. The van der Waals surface area contributed by atoms with Gasteiger partial charge >= 0.3 is 0 Å². The van der Waals surface area contributed by atoms with E-state index in [0.717, 1.165) is 57.5 Å². The van der Waals surface area contributed by atoms with E-state index in [1.807, 2.05) is 6.08 Å². The van der Waals surface area contributed by atoms with Gasteiger partial charge < -0.3 is 10.1 Å². The number of amides is 1. The second-order valence-corrected chi connectivity index (χ2v) is 11.7. The van der Waals surface area contributed by atoms with E-state index in [0.29, 0.717) is 18.1 Å². The Bertz CT molecular complexity index is 940. The lowest BCUT2D eigenvalue weighted by Crippen LogP contribution is -2.48. The molecule has 4 atom stereocenters. The highest BCUT2D eigenvalue weighted by molar-refractivity contribution is 5.81. The summed E-state index contributed by atoms with van der Waals surface area (Å²) in [7, 11) is 1.78. The molecule has 3 fully saturated rings. The summed E-state index contributed by atoms with van der Waals surface area (Å²) < 4.78 is 5.68. The number of ether oxygens (including phenoxy) is 1.